The maximum atomic E-state index is 13.0. The van der Waals surface area contributed by atoms with Gasteiger partial charge in [0.25, 0.3) is 5.69 Å². The Kier molecular flexibility index (Phi) is 3.13. The van der Waals surface area contributed by atoms with Gasteiger partial charge in [0.2, 0.25) is 11.8 Å². The molecule has 24 heavy (non-hydrogen) atoms. The average Bonchev–Trinajstić information content (AvgIpc) is 2.84. The van der Waals surface area contributed by atoms with Crippen molar-refractivity contribution in [2.24, 2.45) is 23.7 Å². The zero-order valence-corrected chi connectivity index (χ0v) is 13.6. The van der Waals surface area contributed by atoms with Gasteiger partial charge in [0, 0.05) is 6.07 Å². The lowest BCUT2D eigenvalue weighted by Crippen LogP contribution is -2.38. The molecule has 124 valence electrons. The van der Waals surface area contributed by atoms with Crippen LogP contribution in [-0.2, 0) is 9.59 Å². The molecule has 3 aliphatic carbocycles. The highest BCUT2D eigenvalue weighted by molar-refractivity contribution is 6.23. The van der Waals surface area contributed by atoms with Crippen LogP contribution in [0.4, 0.5) is 11.4 Å². The molecule has 1 aromatic rings. The summed E-state index contributed by atoms with van der Waals surface area (Å²) in [5.41, 5.74) is 1.53. The highest BCUT2D eigenvalue weighted by Gasteiger charge is 2.57. The summed E-state index contributed by atoms with van der Waals surface area (Å²) in [7, 11) is 0. The second-order valence-electron chi connectivity index (χ2n) is 7.04. The van der Waals surface area contributed by atoms with E-state index in [-0.39, 0.29) is 46.9 Å². The molecule has 0 N–H and O–H groups in total. The van der Waals surface area contributed by atoms with Gasteiger partial charge in [-0.05, 0) is 55.7 Å². The second-order valence-corrected chi connectivity index (χ2v) is 7.04. The molecule has 2 bridgehead atoms. The Labute approximate surface area is 139 Å². The highest BCUT2D eigenvalue weighted by Crippen LogP contribution is 2.51. The Hall–Kier alpha value is -2.50. The summed E-state index contributed by atoms with van der Waals surface area (Å²) in [6, 6.07) is 3.04. The summed E-state index contributed by atoms with van der Waals surface area (Å²) in [4.78, 5) is 37.9. The number of carbonyl (C=O) groups excluding carboxylic acids is 2. The molecule has 2 fully saturated rings. The van der Waals surface area contributed by atoms with Gasteiger partial charge in [-0.15, -0.1) is 0 Å². The molecule has 0 radical (unpaired) electrons. The summed E-state index contributed by atoms with van der Waals surface area (Å²) in [6.45, 7) is 3.61. The predicted molar refractivity (Wildman–Crippen MR) is 87.4 cm³/mol. The zero-order valence-electron chi connectivity index (χ0n) is 13.6. The number of allylic oxidation sites excluding steroid dienone is 2. The van der Waals surface area contributed by atoms with E-state index in [2.05, 4.69) is 0 Å². The molecule has 1 aromatic carbocycles. The van der Waals surface area contributed by atoms with Crippen LogP contribution in [0.15, 0.2) is 24.3 Å². The lowest BCUT2D eigenvalue weighted by molar-refractivity contribution is -0.384. The van der Waals surface area contributed by atoms with Gasteiger partial charge in [-0.25, -0.2) is 4.90 Å². The van der Waals surface area contributed by atoms with Crippen molar-refractivity contribution in [3.05, 3.63) is 45.5 Å². The molecule has 0 spiro atoms. The normalized spacial score (nSPS) is 30.8. The van der Waals surface area contributed by atoms with Gasteiger partial charge in [0.05, 0.1) is 16.8 Å². The molecule has 4 atom stereocenters. The third-order valence-corrected chi connectivity index (χ3v) is 5.79. The molecule has 1 saturated heterocycles. The number of imide groups is 1. The smallest absolute Gasteiger partial charge is 0.274 e. The lowest BCUT2D eigenvalue weighted by atomic mass is 9.63. The van der Waals surface area contributed by atoms with Crippen molar-refractivity contribution in [1.82, 2.24) is 0 Å². The predicted octanol–water partition coefficient (Wildman–Crippen LogP) is 2.91. The number of hydrogen-bond donors (Lipinski definition) is 0. The number of benzene rings is 1. The van der Waals surface area contributed by atoms with Crippen molar-refractivity contribution >= 4 is 23.2 Å². The first kappa shape index (κ1) is 15.1. The minimum absolute atomic E-state index is 0.0760. The average molecular weight is 326 g/mol. The molecule has 6 heteroatoms. The van der Waals surface area contributed by atoms with Crippen LogP contribution < -0.4 is 4.90 Å². The van der Waals surface area contributed by atoms with E-state index in [9.17, 15) is 19.7 Å². The van der Waals surface area contributed by atoms with Gasteiger partial charge in [-0.3, -0.25) is 19.7 Å². The summed E-state index contributed by atoms with van der Waals surface area (Å²) < 4.78 is 0. The van der Waals surface area contributed by atoms with Crippen LogP contribution in [0.25, 0.3) is 0 Å². The van der Waals surface area contributed by atoms with Gasteiger partial charge >= 0.3 is 0 Å². The molecule has 5 rings (SSSR count). The standard InChI is InChI=1S/C18H18N2O4/c1-9-7-13(14(20(23)24)8-10(9)2)19-17(21)15-11-3-4-12(6-5-11)16(15)18(19)22/h3-4,7-8,11-12,15-16H,5-6H2,1-2H3. The Morgan fingerprint density at radius 3 is 1.96 bits per heavy atom. The van der Waals surface area contributed by atoms with E-state index < -0.39 is 4.92 Å². The third-order valence-electron chi connectivity index (χ3n) is 5.79. The fraction of sp³-hybridized carbons (Fsp3) is 0.444. The minimum atomic E-state index is -0.517. The summed E-state index contributed by atoms with van der Waals surface area (Å²) >= 11 is 0. The molecule has 4 unspecified atom stereocenters. The number of rotatable bonds is 2. The number of nitrogens with zero attached hydrogens (tertiary/aromatic N) is 2. The number of carbonyl (C=O) groups is 2. The number of amides is 2. The zero-order chi connectivity index (χ0) is 17.2. The summed E-state index contributed by atoms with van der Waals surface area (Å²) in [6.07, 6.45) is 5.89. The van der Waals surface area contributed by atoms with Crippen LogP contribution in [0, 0.1) is 47.6 Å². The second kappa shape index (κ2) is 5.00. The van der Waals surface area contributed by atoms with E-state index in [4.69, 9.17) is 0 Å². The van der Waals surface area contributed by atoms with Crippen LogP contribution in [0.5, 0.6) is 0 Å². The van der Waals surface area contributed by atoms with Crippen molar-refractivity contribution in [1.29, 1.82) is 0 Å². The number of nitro benzene ring substituents is 1. The Morgan fingerprint density at radius 1 is 1.00 bits per heavy atom. The lowest BCUT2D eigenvalue weighted by Gasteiger charge is -2.38. The van der Waals surface area contributed by atoms with Crippen molar-refractivity contribution < 1.29 is 14.5 Å². The third kappa shape index (κ3) is 1.89. The molecule has 1 heterocycles. The highest BCUT2D eigenvalue weighted by atomic mass is 16.6. The Balaban J connectivity index is 1.84. The maximum Gasteiger partial charge on any atom is 0.293 e. The largest absolute Gasteiger partial charge is 0.293 e. The number of nitro groups is 1. The maximum absolute atomic E-state index is 13.0. The van der Waals surface area contributed by atoms with Crippen molar-refractivity contribution in [2.45, 2.75) is 26.7 Å². The fourth-order valence-corrected chi connectivity index (χ4v) is 4.42. The van der Waals surface area contributed by atoms with Gasteiger partial charge < -0.3 is 0 Å². The molecular formula is C18H18N2O4. The van der Waals surface area contributed by atoms with Crippen molar-refractivity contribution in [3.8, 4) is 0 Å². The molecule has 2 amide bonds. The Bertz CT molecular complexity index is 781. The topological polar surface area (TPSA) is 80.5 Å². The van der Waals surface area contributed by atoms with Crippen LogP contribution in [0.3, 0.4) is 0 Å². The minimum Gasteiger partial charge on any atom is -0.274 e. The van der Waals surface area contributed by atoms with E-state index in [1.165, 1.54) is 6.07 Å². The molecule has 1 aliphatic heterocycles. The number of aryl methyl sites for hydroxylation is 2. The Morgan fingerprint density at radius 2 is 1.50 bits per heavy atom. The van der Waals surface area contributed by atoms with Gasteiger partial charge in [-0.1, -0.05) is 12.2 Å². The van der Waals surface area contributed by atoms with E-state index >= 15 is 0 Å². The molecule has 6 nitrogen and oxygen atoms in total. The van der Waals surface area contributed by atoms with Gasteiger partial charge in [-0.2, -0.15) is 0 Å². The van der Waals surface area contributed by atoms with Crippen LogP contribution in [0.1, 0.15) is 24.0 Å². The summed E-state index contributed by atoms with van der Waals surface area (Å²) in [5.74, 6) is -1.13. The quantitative estimate of drug-likeness (QED) is 0.362. The van der Waals surface area contributed by atoms with E-state index in [0.717, 1.165) is 28.9 Å². The van der Waals surface area contributed by atoms with Crippen molar-refractivity contribution in [3.63, 3.8) is 0 Å². The van der Waals surface area contributed by atoms with Gasteiger partial charge in [0.1, 0.15) is 5.69 Å². The van der Waals surface area contributed by atoms with Crippen LogP contribution >= 0.6 is 0 Å². The van der Waals surface area contributed by atoms with Gasteiger partial charge in [0.15, 0.2) is 0 Å². The molecule has 0 aromatic heterocycles. The number of fused-ring (bicyclic) bond motifs is 1. The van der Waals surface area contributed by atoms with Crippen LogP contribution in [0.2, 0.25) is 0 Å². The van der Waals surface area contributed by atoms with E-state index in [0.29, 0.717) is 0 Å². The fourth-order valence-electron chi connectivity index (χ4n) is 4.42. The van der Waals surface area contributed by atoms with Crippen LogP contribution in [-0.4, -0.2) is 16.7 Å². The SMILES string of the molecule is Cc1cc(N2C(=O)C3C4C=CC(CC4)C3C2=O)c([N+](=O)[O-])cc1C. The molecule has 1 saturated carbocycles. The number of anilines is 1. The molecular weight excluding hydrogens is 308 g/mol. The first-order valence-electron chi connectivity index (χ1n) is 8.22. The first-order chi connectivity index (χ1) is 11.4. The number of hydrogen-bond acceptors (Lipinski definition) is 4. The van der Waals surface area contributed by atoms with Crippen molar-refractivity contribution in [2.75, 3.05) is 4.90 Å². The van der Waals surface area contributed by atoms with E-state index in [1.807, 2.05) is 19.1 Å². The first-order valence-corrected chi connectivity index (χ1v) is 8.22. The summed E-state index contributed by atoms with van der Waals surface area (Å²) in [5, 5.41) is 11.5. The van der Waals surface area contributed by atoms with E-state index in [1.54, 1.807) is 13.0 Å². The molecule has 4 aliphatic rings. The monoisotopic (exact) mass is 326 g/mol.